The van der Waals surface area contributed by atoms with Gasteiger partial charge in [-0.1, -0.05) is 29.3 Å². The Bertz CT molecular complexity index is 1570. The second-order valence-corrected chi connectivity index (χ2v) is 13.9. The number of nitrogens with zero attached hydrogens (tertiary/aromatic N) is 4. The van der Waals surface area contributed by atoms with Gasteiger partial charge in [0.25, 0.3) is 10.0 Å². The Balaban J connectivity index is 1.63. The Morgan fingerprint density at radius 2 is 1.95 bits per heavy atom. The second-order valence-electron chi connectivity index (χ2n) is 9.95. The molecule has 0 amide bonds. The van der Waals surface area contributed by atoms with Gasteiger partial charge in [-0.25, -0.2) is 18.2 Å². The summed E-state index contributed by atoms with van der Waals surface area (Å²) in [7, 11) is -2.87. The normalized spacial score (nSPS) is 20.1. The molecule has 42 heavy (non-hydrogen) atoms. The highest BCUT2D eigenvalue weighted by Gasteiger charge is 2.56. The summed E-state index contributed by atoms with van der Waals surface area (Å²) < 4.78 is 66.7. The number of carboxylic acid groups (broad SMARTS) is 1. The molecule has 1 saturated carbocycles. The molecular formula is C26H26Cl2F2N4O6S2. The van der Waals surface area contributed by atoms with Crippen LogP contribution in [0.4, 0.5) is 8.78 Å². The van der Waals surface area contributed by atoms with Crippen LogP contribution in [0, 0.1) is 5.92 Å². The minimum Gasteiger partial charge on any atom is -0.489 e. The summed E-state index contributed by atoms with van der Waals surface area (Å²) in [5.41, 5.74) is 0.700. The van der Waals surface area contributed by atoms with E-state index in [4.69, 9.17) is 27.9 Å². The van der Waals surface area contributed by atoms with Crippen LogP contribution in [0.15, 0.2) is 48.1 Å². The lowest BCUT2D eigenvalue weighted by molar-refractivity contribution is -0.143. The molecule has 1 saturated heterocycles. The van der Waals surface area contributed by atoms with E-state index in [2.05, 4.69) is 14.7 Å². The molecule has 1 N–H and O–H groups in total. The Hall–Kier alpha value is -2.65. The van der Waals surface area contributed by atoms with Gasteiger partial charge in [0.05, 0.1) is 16.7 Å². The third-order valence-corrected chi connectivity index (χ3v) is 11.2. The van der Waals surface area contributed by atoms with Gasteiger partial charge in [-0.3, -0.25) is 4.98 Å². The monoisotopic (exact) mass is 662 g/mol. The predicted molar refractivity (Wildman–Crippen MR) is 152 cm³/mol. The van der Waals surface area contributed by atoms with E-state index in [1.54, 1.807) is 0 Å². The van der Waals surface area contributed by atoms with Gasteiger partial charge in [-0.15, -0.1) is 11.8 Å². The highest BCUT2D eigenvalue weighted by molar-refractivity contribution is 8.02. The van der Waals surface area contributed by atoms with Crippen LogP contribution in [0.1, 0.15) is 36.3 Å². The SMILES string of the molecule is Cn1ccnc1S(=O)(=O)N1CCSC1(C[C@@H](c1ccc(OC(F)F)c(OCC2CC2)c1)c1c(Cl)cncc1Cl)C(=O)O. The Morgan fingerprint density at radius 1 is 1.24 bits per heavy atom. The van der Waals surface area contributed by atoms with Crippen LogP contribution < -0.4 is 9.47 Å². The molecule has 10 nitrogen and oxygen atoms in total. The summed E-state index contributed by atoms with van der Waals surface area (Å²) >= 11 is 14.1. The number of carboxylic acids is 1. The Morgan fingerprint density at radius 3 is 2.55 bits per heavy atom. The molecule has 2 aromatic heterocycles. The van der Waals surface area contributed by atoms with Gasteiger partial charge in [0.1, 0.15) is 0 Å². The minimum absolute atomic E-state index is 0.0342. The zero-order chi connectivity index (χ0) is 30.2. The number of hydrogen-bond donors (Lipinski definition) is 1. The van der Waals surface area contributed by atoms with Crippen molar-refractivity contribution in [3.05, 3.63) is 64.2 Å². The van der Waals surface area contributed by atoms with Crippen molar-refractivity contribution in [1.29, 1.82) is 0 Å². The fourth-order valence-corrected chi connectivity index (χ4v) is 9.08. The minimum atomic E-state index is -4.37. The van der Waals surface area contributed by atoms with Crippen molar-refractivity contribution in [2.45, 2.75) is 41.8 Å². The van der Waals surface area contributed by atoms with Gasteiger partial charge in [-0.2, -0.15) is 13.1 Å². The number of benzene rings is 1. The first-order valence-corrected chi connectivity index (χ1v) is 16.0. The third kappa shape index (κ3) is 6.05. The van der Waals surface area contributed by atoms with Crippen LogP contribution in [0.5, 0.6) is 11.5 Å². The molecular weight excluding hydrogens is 637 g/mol. The molecule has 3 heterocycles. The van der Waals surface area contributed by atoms with E-state index in [0.717, 1.165) is 28.9 Å². The van der Waals surface area contributed by atoms with Gasteiger partial charge in [0.15, 0.2) is 16.4 Å². The van der Waals surface area contributed by atoms with Crippen molar-refractivity contribution < 1.29 is 36.6 Å². The third-order valence-electron chi connectivity index (χ3n) is 7.15. The molecule has 0 spiro atoms. The summed E-state index contributed by atoms with van der Waals surface area (Å²) in [6.45, 7) is -2.91. The standard InChI is InChI=1S/C26H26Cl2F2N4O6S2/c1-33-7-6-32-25(33)42(37,38)34-8-9-41-26(34,23(35)36)11-17(22-18(27)12-31-13-19(22)28)16-4-5-20(40-24(29)30)21(10-16)39-14-15-2-3-15/h4-7,10,12-13,15,17,24H,2-3,8-9,11,14H2,1H3,(H,35,36)/t17-,26?/m0/s1. The number of aromatic nitrogens is 3. The number of imidazole rings is 1. The van der Waals surface area contributed by atoms with Crippen molar-refractivity contribution in [2.75, 3.05) is 18.9 Å². The van der Waals surface area contributed by atoms with E-state index in [1.165, 1.54) is 54.6 Å². The van der Waals surface area contributed by atoms with Crippen LogP contribution in [-0.2, 0) is 21.9 Å². The topological polar surface area (TPSA) is 124 Å². The van der Waals surface area contributed by atoms with Crippen molar-refractivity contribution in [3.63, 3.8) is 0 Å². The van der Waals surface area contributed by atoms with E-state index >= 15 is 0 Å². The number of ether oxygens (including phenoxy) is 2. The molecule has 3 aromatic rings. The summed E-state index contributed by atoms with van der Waals surface area (Å²) in [6.07, 6.45) is 7.02. The lowest BCUT2D eigenvalue weighted by Gasteiger charge is -2.36. The fraction of sp³-hybridized carbons (Fsp3) is 0.423. The summed E-state index contributed by atoms with van der Waals surface area (Å²) in [5.74, 6) is -2.00. The molecule has 0 radical (unpaired) electrons. The Labute approximate surface area is 255 Å². The second kappa shape index (κ2) is 12.2. The van der Waals surface area contributed by atoms with Gasteiger partial charge >= 0.3 is 12.6 Å². The van der Waals surface area contributed by atoms with Crippen LogP contribution in [0.3, 0.4) is 0 Å². The van der Waals surface area contributed by atoms with Gasteiger partial charge in [-0.05, 0) is 42.9 Å². The van der Waals surface area contributed by atoms with Crippen LogP contribution in [0.2, 0.25) is 10.0 Å². The van der Waals surface area contributed by atoms with Crippen molar-refractivity contribution in [2.24, 2.45) is 13.0 Å². The van der Waals surface area contributed by atoms with Crippen LogP contribution in [0.25, 0.3) is 0 Å². The lowest BCUT2D eigenvalue weighted by atomic mass is 9.85. The van der Waals surface area contributed by atoms with E-state index < -0.39 is 33.4 Å². The molecule has 1 aliphatic carbocycles. The molecule has 1 aliphatic heterocycles. The number of hydrogen-bond acceptors (Lipinski definition) is 8. The zero-order valence-electron chi connectivity index (χ0n) is 22.1. The maximum absolute atomic E-state index is 13.8. The molecule has 226 valence electrons. The van der Waals surface area contributed by atoms with E-state index in [-0.39, 0.29) is 52.0 Å². The molecule has 16 heteroatoms. The average Bonchev–Trinajstić information content (AvgIpc) is 3.47. The smallest absolute Gasteiger partial charge is 0.387 e. The van der Waals surface area contributed by atoms with Crippen LogP contribution in [-0.4, -0.2) is 68.7 Å². The predicted octanol–water partition coefficient (Wildman–Crippen LogP) is 5.25. The van der Waals surface area contributed by atoms with E-state index in [1.807, 2.05) is 0 Å². The van der Waals surface area contributed by atoms with E-state index in [0.29, 0.717) is 17.0 Å². The summed E-state index contributed by atoms with van der Waals surface area (Å²) in [6, 6.07) is 4.26. The number of aryl methyl sites for hydroxylation is 1. The molecule has 1 aromatic carbocycles. The van der Waals surface area contributed by atoms with Crippen molar-refractivity contribution in [1.82, 2.24) is 18.8 Å². The highest BCUT2D eigenvalue weighted by atomic mass is 35.5. The van der Waals surface area contributed by atoms with Gasteiger partial charge in [0, 0.05) is 55.6 Å². The van der Waals surface area contributed by atoms with Gasteiger partial charge in [0.2, 0.25) is 5.16 Å². The van der Waals surface area contributed by atoms with Crippen molar-refractivity contribution in [3.8, 4) is 11.5 Å². The fourth-order valence-electron chi connectivity index (χ4n) is 4.94. The number of sulfonamides is 1. The Kier molecular flexibility index (Phi) is 8.91. The summed E-state index contributed by atoms with van der Waals surface area (Å²) in [5, 5.41) is 10.6. The molecule has 0 bridgehead atoms. The number of rotatable bonds is 12. The molecule has 2 atom stereocenters. The molecule has 2 fully saturated rings. The molecule has 5 rings (SSSR count). The number of carbonyl (C=O) groups is 1. The largest absolute Gasteiger partial charge is 0.489 e. The zero-order valence-corrected chi connectivity index (χ0v) is 25.3. The summed E-state index contributed by atoms with van der Waals surface area (Å²) in [4.78, 5) is 19.0. The quantitative estimate of drug-likeness (QED) is 0.277. The maximum Gasteiger partial charge on any atom is 0.387 e. The first-order chi connectivity index (χ1) is 19.9. The average molecular weight is 664 g/mol. The molecule has 1 unspecified atom stereocenters. The highest BCUT2D eigenvalue weighted by Crippen LogP contribution is 2.50. The number of thioether (sulfide) groups is 1. The molecule has 2 aliphatic rings. The number of pyridine rings is 1. The first kappa shape index (κ1) is 30.8. The lowest BCUT2D eigenvalue weighted by Crippen LogP contribution is -2.52. The van der Waals surface area contributed by atoms with E-state index in [9.17, 15) is 27.1 Å². The van der Waals surface area contributed by atoms with Crippen molar-refractivity contribution >= 4 is 51.0 Å². The maximum atomic E-state index is 13.8. The number of halogens is 4. The first-order valence-electron chi connectivity index (χ1n) is 12.8. The van der Waals surface area contributed by atoms with Gasteiger partial charge < -0.3 is 19.1 Å². The van der Waals surface area contributed by atoms with Crippen LogP contribution >= 0.6 is 35.0 Å². The number of alkyl halides is 2. The number of aliphatic carboxylic acids is 1.